The number of hydrogen-bond acceptors (Lipinski definition) is 2. The van der Waals surface area contributed by atoms with E-state index >= 15 is 0 Å². The Morgan fingerprint density at radius 2 is 2.19 bits per heavy atom. The fraction of sp³-hybridized carbons (Fsp3) is 0.182. The number of halogens is 2. The minimum atomic E-state index is -0.608. The molecule has 1 heterocycles. The van der Waals surface area contributed by atoms with E-state index in [1.807, 2.05) is 0 Å². The first-order chi connectivity index (χ1) is 7.65. The minimum Gasteiger partial charge on any atom is -0.486 e. The second-order valence-electron chi connectivity index (χ2n) is 3.37. The molecule has 0 unspecified atom stereocenters. The molecule has 0 saturated heterocycles. The maximum atomic E-state index is 13.2. The number of aromatic nitrogens is 2. The highest BCUT2D eigenvalue weighted by molar-refractivity contribution is 5.19. The smallest absolute Gasteiger partial charge is 0.157 e. The van der Waals surface area contributed by atoms with Gasteiger partial charge in [0.25, 0.3) is 0 Å². The Balaban J connectivity index is 2.04. The molecule has 0 bridgehead atoms. The molecular weight excluding hydrogens is 214 g/mol. The van der Waals surface area contributed by atoms with E-state index in [1.165, 1.54) is 18.3 Å². The molecule has 0 spiro atoms. The Kier molecular flexibility index (Phi) is 2.85. The summed E-state index contributed by atoms with van der Waals surface area (Å²) in [7, 11) is 1.76. The van der Waals surface area contributed by atoms with Crippen LogP contribution in [0.4, 0.5) is 8.78 Å². The van der Waals surface area contributed by atoms with Gasteiger partial charge in [-0.05, 0) is 12.1 Å². The van der Waals surface area contributed by atoms with Gasteiger partial charge in [0, 0.05) is 18.7 Å². The lowest BCUT2D eigenvalue weighted by Crippen LogP contribution is -1.98. The van der Waals surface area contributed by atoms with Crippen molar-refractivity contribution < 1.29 is 13.5 Å². The van der Waals surface area contributed by atoms with Crippen molar-refractivity contribution in [1.82, 2.24) is 9.78 Å². The van der Waals surface area contributed by atoms with E-state index < -0.39 is 11.6 Å². The second kappa shape index (κ2) is 4.30. The summed E-state index contributed by atoms with van der Waals surface area (Å²) in [6.07, 6.45) is 3.20. The molecule has 16 heavy (non-hydrogen) atoms. The molecule has 0 aliphatic heterocycles. The molecule has 0 atom stereocenters. The Bertz CT molecular complexity index is 496. The first kappa shape index (κ1) is 10.6. The molecule has 3 nitrogen and oxygen atoms in total. The van der Waals surface area contributed by atoms with Gasteiger partial charge < -0.3 is 4.74 Å². The second-order valence-corrected chi connectivity index (χ2v) is 3.37. The summed E-state index contributed by atoms with van der Waals surface area (Å²) in [5.41, 5.74) is 0.310. The van der Waals surface area contributed by atoms with Gasteiger partial charge in [-0.15, -0.1) is 0 Å². The Morgan fingerprint density at radius 3 is 2.81 bits per heavy atom. The Labute approximate surface area is 91.3 Å². The predicted octanol–water partition coefficient (Wildman–Crippen LogP) is 2.28. The molecule has 0 radical (unpaired) electrons. The summed E-state index contributed by atoms with van der Waals surface area (Å²) < 4.78 is 32.7. The van der Waals surface area contributed by atoms with Crippen LogP contribution < -0.4 is 4.74 Å². The third-order valence-electron chi connectivity index (χ3n) is 2.09. The zero-order valence-corrected chi connectivity index (χ0v) is 8.65. The lowest BCUT2D eigenvalue weighted by atomic mass is 10.2. The van der Waals surface area contributed by atoms with Crippen molar-refractivity contribution in [1.29, 1.82) is 0 Å². The van der Waals surface area contributed by atoms with Crippen LogP contribution >= 0.6 is 0 Å². The number of nitrogens with zero attached hydrogens (tertiary/aromatic N) is 2. The molecule has 1 aromatic heterocycles. The van der Waals surface area contributed by atoms with Crippen molar-refractivity contribution in [2.45, 2.75) is 6.61 Å². The molecule has 2 aromatic rings. The molecule has 0 N–H and O–H groups in total. The van der Waals surface area contributed by atoms with Crippen LogP contribution in [0.15, 0.2) is 30.6 Å². The van der Waals surface area contributed by atoms with Crippen molar-refractivity contribution in [3.05, 3.63) is 47.8 Å². The number of hydrogen-bond donors (Lipinski definition) is 0. The summed E-state index contributed by atoms with van der Waals surface area (Å²) in [6.45, 7) is 0.0534. The van der Waals surface area contributed by atoms with Crippen LogP contribution in [-0.4, -0.2) is 9.78 Å². The molecule has 0 aliphatic rings. The maximum Gasteiger partial charge on any atom is 0.157 e. The van der Waals surface area contributed by atoms with E-state index in [2.05, 4.69) is 5.10 Å². The summed E-state index contributed by atoms with van der Waals surface area (Å²) in [5.74, 6) is -0.655. The quantitative estimate of drug-likeness (QED) is 0.799. The van der Waals surface area contributed by atoms with E-state index in [9.17, 15) is 8.78 Å². The van der Waals surface area contributed by atoms with Gasteiger partial charge in [-0.3, -0.25) is 4.68 Å². The van der Waals surface area contributed by atoms with Crippen LogP contribution in [0.1, 0.15) is 5.56 Å². The topological polar surface area (TPSA) is 27.1 Å². The molecule has 84 valence electrons. The molecule has 0 saturated carbocycles. The standard InChI is InChI=1S/C11H10F2N2O/c1-15-6-10(5-14-15)16-7-8-2-3-9(12)4-11(8)13/h2-6H,7H2,1H3. The van der Waals surface area contributed by atoms with Crippen molar-refractivity contribution in [2.24, 2.45) is 7.05 Å². The zero-order valence-electron chi connectivity index (χ0n) is 8.65. The summed E-state index contributed by atoms with van der Waals surface area (Å²) in [4.78, 5) is 0. The Hall–Kier alpha value is -1.91. The largest absolute Gasteiger partial charge is 0.486 e. The summed E-state index contributed by atoms with van der Waals surface area (Å²) >= 11 is 0. The number of aryl methyl sites for hydroxylation is 1. The van der Waals surface area contributed by atoms with Gasteiger partial charge in [-0.25, -0.2) is 8.78 Å². The molecule has 2 rings (SSSR count). The van der Waals surface area contributed by atoms with E-state index in [4.69, 9.17) is 4.74 Å². The van der Waals surface area contributed by atoms with Gasteiger partial charge in [-0.2, -0.15) is 5.10 Å². The van der Waals surface area contributed by atoms with Gasteiger partial charge in [0.2, 0.25) is 0 Å². The fourth-order valence-electron chi connectivity index (χ4n) is 1.27. The highest BCUT2D eigenvalue weighted by Crippen LogP contribution is 2.14. The third kappa shape index (κ3) is 2.36. The third-order valence-corrected chi connectivity index (χ3v) is 2.09. The molecule has 0 fully saturated rings. The van der Waals surface area contributed by atoms with E-state index in [0.29, 0.717) is 11.3 Å². The average molecular weight is 224 g/mol. The van der Waals surface area contributed by atoms with Crippen LogP contribution in [-0.2, 0) is 13.7 Å². The molecule has 1 aromatic carbocycles. The van der Waals surface area contributed by atoms with Crippen LogP contribution in [0.5, 0.6) is 5.75 Å². The van der Waals surface area contributed by atoms with Crippen molar-refractivity contribution >= 4 is 0 Å². The molecule has 5 heteroatoms. The van der Waals surface area contributed by atoms with Crippen LogP contribution in [0, 0.1) is 11.6 Å². The lowest BCUT2D eigenvalue weighted by Gasteiger charge is -2.04. The first-order valence-electron chi connectivity index (χ1n) is 4.70. The zero-order chi connectivity index (χ0) is 11.5. The van der Waals surface area contributed by atoms with Gasteiger partial charge >= 0.3 is 0 Å². The van der Waals surface area contributed by atoms with Crippen LogP contribution in [0.2, 0.25) is 0 Å². The lowest BCUT2D eigenvalue weighted by molar-refractivity contribution is 0.299. The normalized spacial score (nSPS) is 10.4. The van der Waals surface area contributed by atoms with Crippen molar-refractivity contribution in [3.8, 4) is 5.75 Å². The minimum absolute atomic E-state index is 0.0534. The van der Waals surface area contributed by atoms with Gasteiger partial charge in [0.05, 0.1) is 12.4 Å². The van der Waals surface area contributed by atoms with Crippen molar-refractivity contribution in [3.63, 3.8) is 0 Å². The number of rotatable bonds is 3. The molecule has 0 amide bonds. The number of ether oxygens (including phenoxy) is 1. The summed E-state index contributed by atoms with van der Waals surface area (Å²) in [5, 5.41) is 3.90. The van der Waals surface area contributed by atoms with Gasteiger partial charge in [-0.1, -0.05) is 0 Å². The molecule has 0 aliphatic carbocycles. The molecular formula is C11H10F2N2O. The van der Waals surface area contributed by atoms with E-state index in [-0.39, 0.29) is 6.61 Å². The van der Waals surface area contributed by atoms with Crippen molar-refractivity contribution in [2.75, 3.05) is 0 Å². The average Bonchev–Trinajstić information content (AvgIpc) is 2.63. The Morgan fingerprint density at radius 1 is 1.38 bits per heavy atom. The SMILES string of the molecule is Cn1cc(OCc2ccc(F)cc2F)cn1. The maximum absolute atomic E-state index is 13.2. The number of benzene rings is 1. The van der Waals surface area contributed by atoms with Crippen LogP contribution in [0.3, 0.4) is 0 Å². The highest BCUT2D eigenvalue weighted by atomic mass is 19.1. The summed E-state index contributed by atoms with van der Waals surface area (Å²) in [6, 6.07) is 3.40. The predicted molar refractivity (Wildman–Crippen MR) is 53.9 cm³/mol. The van der Waals surface area contributed by atoms with E-state index in [1.54, 1.807) is 17.9 Å². The van der Waals surface area contributed by atoms with Crippen LogP contribution in [0.25, 0.3) is 0 Å². The first-order valence-corrected chi connectivity index (χ1v) is 4.70. The van der Waals surface area contributed by atoms with Gasteiger partial charge in [0.1, 0.15) is 18.2 Å². The fourth-order valence-corrected chi connectivity index (χ4v) is 1.27. The van der Waals surface area contributed by atoms with Gasteiger partial charge in [0.15, 0.2) is 5.75 Å². The van der Waals surface area contributed by atoms with E-state index in [0.717, 1.165) is 6.07 Å². The highest BCUT2D eigenvalue weighted by Gasteiger charge is 2.05. The monoisotopic (exact) mass is 224 g/mol.